The van der Waals surface area contributed by atoms with Crippen molar-refractivity contribution < 1.29 is 47.6 Å². The summed E-state index contributed by atoms with van der Waals surface area (Å²) in [6.45, 7) is 3.23. The molecule has 0 bridgehead atoms. The largest absolute Gasteiger partial charge is 1.00 e. The second kappa shape index (κ2) is 9.26. The molecule has 1 N–H and O–H groups in total. The quantitative estimate of drug-likeness (QED) is 0.355. The van der Waals surface area contributed by atoms with Crippen LogP contribution in [0.1, 0.15) is 16.8 Å². The van der Waals surface area contributed by atoms with Crippen molar-refractivity contribution in [1.29, 1.82) is 5.26 Å². The van der Waals surface area contributed by atoms with Gasteiger partial charge in [0, 0.05) is 0 Å². The molecular weight excluding hydrogens is 441 g/mol. The van der Waals surface area contributed by atoms with E-state index in [0.717, 1.165) is 12.1 Å². The van der Waals surface area contributed by atoms with Gasteiger partial charge in [-0.1, -0.05) is 17.7 Å². The molecule has 0 fully saturated rings. The molecule has 0 amide bonds. The standard InChI is InChI=1S/C18H14ClN5O4S.Na/c1-10-6-12(7-16(19)17(10)25)21-22-18-15(9-20)11(2)23-24(18)13-4-3-5-14(8-13)29(26,27)28;/h3-8,25H,1-2H3,(H,26,27,28);/q;+1/p-1. The van der Waals surface area contributed by atoms with Gasteiger partial charge in [0.25, 0.3) is 0 Å². The van der Waals surface area contributed by atoms with Gasteiger partial charge < -0.3 is 9.66 Å². The summed E-state index contributed by atoms with van der Waals surface area (Å²) < 4.78 is 35.2. The predicted molar refractivity (Wildman–Crippen MR) is 103 cm³/mol. The number of phenols is 1. The van der Waals surface area contributed by atoms with Crippen molar-refractivity contribution in [1.82, 2.24) is 9.78 Å². The maximum absolute atomic E-state index is 11.3. The van der Waals surface area contributed by atoms with Crippen LogP contribution in [0.2, 0.25) is 5.02 Å². The Hall–Kier alpha value is -2.26. The number of nitriles is 1. The Morgan fingerprint density at radius 1 is 1.23 bits per heavy atom. The minimum atomic E-state index is -4.67. The van der Waals surface area contributed by atoms with E-state index in [1.807, 2.05) is 6.07 Å². The zero-order valence-corrected chi connectivity index (χ0v) is 19.7. The normalized spacial score (nSPS) is 11.3. The molecule has 12 heteroatoms. The van der Waals surface area contributed by atoms with Crippen LogP contribution in [0.25, 0.3) is 5.69 Å². The maximum atomic E-state index is 11.3. The van der Waals surface area contributed by atoms with Crippen molar-refractivity contribution >= 4 is 33.2 Å². The maximum Gasteiger partial charge on any atom is 1.00 e. The summed E-state index contributed by atoms with van der Waals surface area (Å²) in [6.07, 6.45) is 0. The van der Waals surface area contributed by atoms with Gasteiger partial charge in [-0.2, -0.15) is 10.4 Å². The van der Waals surface area contributed by atoms with E-state index in [1.165, 1.54) is 22.9 Å². The summed E-state index contributed by atoms with van der Waals surface area (Å²) >= 11 is 5.94. The average molecular weight is 454 g/mol. The summed E-state index contributed by atoms with van der Waals surface area (Å²) in [4.78, 5) is -0.439. The van der Waals surface area contributed by atoms with E-state index >= 15 is 0 Å². The van der Waals surface area contributed by atoms with Gasteiger partial charge in [0.2, 0.25) is 0 Å². The number of aryl methyl sites for hydroxylation is 2. The molecule has 0 aliphatic rings. The molecule has 0 atom stereocenters. The average Bonchev–Trinajstić information content (AvgIpc) is 2.99. The first-order valence-electron chi connectivity index (χ1n) is 8.08. The molecule has 9 nitrogen and oxygen atoms in total. The minimum Gasteiger partial charge on any atom is -0.744 e. The molecule has 0 saturated carbocycles. The van der Waals surface area contributed by atoms with E-state index in [2.05, 4.69) is 15.3 Å². The molecule has 1 aromatic heterocycles. The summed E-state index contributed by atoms with van der Waals surface area (Å²) in [7, 11) is -4.67. The van der Waals surface area contributed by atoms with Crippen molar-refractivity contribution in [2.24, 2.45) is 10.2 Å². The number of halogens is 1. The smallest absolute Gasteiger partial charge is 0.744 e. The SMILES string of the molecule is Cc1cc(N=Nc2c(C#N)c(C)nn2-c2cccc(S(=O)(=O)[O-])c2)cc(Cl)c1O.[Na+]. The number of azo groups is 1. The number of aromatic hydroxyl groups is 1. The van der Waals surface area contributed by atoms with Gasteiger partial charge in [0.15, 0.2) is 5.82 Å². The monoisotopic (exact) mass is 453 g/mol. The van der Waals surface area contributed by atoms with Crippen molar-refractivity contribution in [2.75, 3.05) is 0 Å². The summed E-state index contributed by atoms with van der Waals surface area (Å²) in [6, 6.07) is 10.1. The van der Waals surface area contributed by atoms with E-state index in [4.69, 9.17) is 11.6 Å². The van der Waals surface area contributed by atoms with Gasteiger partial charge in [0.1, 0.15) is 27.5 Å². The first kappa shape index (κ1) is 24.0. The van der Waals surface area contributed by atoms with Crippen molar-refractivity contribution in [3.8, 4) is 17.5 Å². The van der Waals surface area contributed by atoms with Crippen LogP contribution in [0, 0.1) is 25.2 Å². The number of phenolic OH excluding ortho intramolecular Hbond substituents is 1. The van der Waals surface area contributed by atoms with Crippen molar-refractivity contribution in [3.05, 3.63) is 58.2 Å². The first-order chi connectivity index (χ1) is 13.6. The molecule has 30 heavy (non-hydrogen) atoms. The molecule has 0 spiro atoms. The van der Waals surface area contributed by atoms with Crippen molar-refractivity contribution in [2.45, 2.75) is 18.7 Å². The summed E-state index contributed by atoms with van der Waals surface area (Å²) in [5.41, 5.74) is 1.52. The molecule has 0 radical (unpaired) electrons. The zero-order valence-electron chi connectivity index (χ0n) is 16.2. The Balaban J connectivity index is 0.00000320. The molecule has 1 heterocycles. The first-order valence-corrected chi connectivity index (χ1v) is 9.87. The fourth-order valence-corrected chi connectivity index (χ4v) is 3.34. The van der Waals surface area contributed by atoms with Crippen LogP contribution >= 0.6 is 11.6 Å². The third kappa shape index (κ3) is 4.89. The number of rotatable bonds is 4. The molecule has 2 aromatic carbocycles. The van der Waals surface area contributed by atoms with Crippen LogP contribution in [0.4, 0.5) is 11.5 Å². The van der Waals surface area contributed by atoms with Crippen LogP contribution in [0.5, 0.6) is 5.75 Å². The number of nitrogens with zero attached hydrogens (tertiary/aromatic N) is 5. The van der Waals surface area contributed by atoms with E-state index < -0.39 is 15.0 Å². The van der Waals surface area contributed by atoms with Crippen LogP contribution in [-0.4, -0.2) is 27.9 Å². The number of aromatic nitrogens is 2. The van der Waals surface area contributed by atoms with Gasteiger partial charge in [-0.15, -0.1) is 10.2 Å². The Morgan fingerprint density at radius 2 is 1.93 bits per heavy atom. The molecule has 0 saturated heterocycles. The Bertz CT molecular complexity index is 1280. The van der Waals surface area contributed by atoms with Crippen LogP contribution in [0.15, 0.2) is 51.5 Å². The van der Waals surface area contributed by atoms with Gasteiger partial charge >= 0.3 is 29.6 Å². The second-order valence-electron chi connectivity index (χ2n) is 6.05. The Kier molecular flexibility index (Phi) is 7.41. The fraction of sp³-hybridized carbons (Fsp3) is 0.111. The minimum absolute atomic E-state index is 0. The van der Waals surface area contributed by atoms with Gasteiger partial charge in [0.05, 0.1) is 27.0 Å². The van der Waals surface area contributed by atoms with E-state index in [0.29, 0.717) is 16.9 Å². The summed E-state index contributed by atoms with van der Waals surface area (Å²) in [5, 5.41) is 31.7. The number of hydrogen-bond donors (Lipinski definition) is 1. The molecule has 0 aliphatic carbocycles. The van der Waals surface area contributed by atoms with Crippen molar-refractivity contribution in [3.63, 3.8) is 0 Å². The van der Waals surface area contributed by atoms with Gasteiger partial charge in [-0.3, -0.25) is 0 Å². The second-order valence-corrected chi connectivity index (χ2v) is 7.84. The summed E-state index contributed by atoms with van der Waals surface area (Å²) in [5.74, 6) is -0.0212. The van der Waals surface area contributed by atoms with Crippen LogP contribution < -0.4 is 29.6 Å². The number of benzene rings is 2. The third-order valence-electron chi connectivity index (χ3n) is 4.00. The van der Waals surface area contributed by atoms with Crippen LogP contribution in [0.3, 0.4) is 0 Å². The van der Waals surface area contributed by atoms with Gasteiger partial charge in [-0.25, -0.2) is 13.1 Å². The van der Waals surface area contributed by atoms with Gasteiger partial charge in [-0.05, 0) is 49.7 Å². The third-order valence-corrected chi connectivity index (χ3v) is 5.12. The fourth-order valence-electron chi connectivity index (χ4n) is 2.57. The molecule has 148 valence electrons. The van der Waals surface area contributed by atoms with E-state index in [-0.39, 0.29) is 57.4 Å². The van der Waals surface area contributed by atoms with E-state index in [1.54, 1.807) is 19.9 Å². The topological polar surface area (TPSA) is 144 Å². The molecule has 3 aromatic rings. The number of hydrogen-bond acceptors (Lipinski definition) is 8. The molecule has 3 rings (SSSR count). The predicted octanol–water partition coefficient (Wildman–Crippen LogP) is 1.04. The zero-order chi connectivity index (χ0) is 21.3. The molecule has 0 aliphatic heterocycles. The molecular formula is C18H13ClN5NaO4S. The Labute approximate surface area is 199 Å². The van der Waals surface area contributed by atoms with E-state index in [9.17, 15) is 23.3 Å². The molecule has 0 unspecified atom stereocenters. The van der Waals surface area contributed by atoms with Crippen LogP contribution in [-0.2, 0) is 10.1 Å². The Morgan fingerprint density at radius 3 is 2.53 bits per heavy atom.